The number of hydrogen-bond acceptors (Lipinski definition) is 4. The van der Waals surface area contributed by atoms with Gasteiger partial charge in [-0.05, 0) is 33.2 Å². The van der Waals surface area contributed by atoms with Crippen LogP contribution in [0.1, 0.15) is 6.92 Å². The first-order valence-corrected chi connectivity index (χ1v) is 8.25. The molecule has 6 nitrogen and oxygen atoms in total. The number of para-hydroxylation sites is 2. The lowest BCUT2D eigenvalue weighted by atomic mass is 10.2. The van der Waals surface area contributed by atoms with Gasteiger partial charge in [-0.25, -0.2) is 4.79 Å². The molecule has 1 heterocycles. The molecule has 2 N–H and O–H groups in total. The summed E-state index contributed by atoms with van der Waals surface area (Å²) in [6.45, 7) is 6.72. The molecule has 23 heavy (non-hydrogen) atoms. The smallest absolute Gasteiger partial charge is 0.319 e. The van der Waals surface area contributed by atoms with E-state index in [1.54, 1.807) is 0 Å². The molecule has 0 aromatic heterocycles. The van der Waals surface area contributed by atoms with Crippen LogP contribution in [0.25, 0.3) is 0 Å². The number of anilines is 2. The Kier molecular flexibility index (Phi) is 6.24. The molecule has 1 atom stereocenters. The van der Waals surface area contributed by atoms with E-state index in [1.165, 1.54) is 0 Å². The molecule has 128 valence electrons. The van der Waals surface area contributed by atoms with Crippen molar-refractivity contribution in [2.75, 3.05) is 64.1 Å². The lowest BCUT2D eigenvalue weighted by molar-refractivity contribution is 0.115. The zero-order valence-corrected chi connectivity index (χ0v) is 14.7. The number of nitrogens with one attached hydrogen (secondary N) is 2. The van der Waals surface area contributed by atoms with Crippen LogP contribution in [-0.2, 0) is 0 Å². The third-order valence-corrected chi connectivity index (χ3v) is 4.52. The molecule has 1 aliphatic rings. The third kappa shape index (κ3) is 4.84. The Labute approximate surface area is 139 Å². The summed E-state index contributed by atoms with van der Waals surface area (Å²) in [4.78, 5) is 19.0. The van der Waals surface area contributed by atoms with Gasteiger partial charge in [-0.15, -0.1) is 0 Å². The normalized spacial score (nSPS) is 19.4. The first-order chi connectivity index (χ1) is 11.0. The van der Waals surface area contributed by atoms with Crippen molar-refractivity contribution < 1.29 is 4.79 Å². The number of piperazine rings is 1. The summed E-state index contributed by atoms with van der Waals surface area (Å²) in [5.74, 6) is 0. The molecule has 1 unspecified atom stereocenters. The average molecular weight is 319 g/mol. The molecule has 2 amide bonds. The van der Waals surface area contributed by atoms with Crippen LogP contribution in [0.4, 0.5) is 16.2 Å². The highest BCUT2D eigenvalue weighted by atomic mass is 16.2. The van der Waals surface area contributed by atoms with Crippen molar-refractivity contribution >= 4 is 17.4 Å². The second-order valence-corrected chi connectivity index (χ2v) is 6.26. The second kappa shape index (κ2) is 8.17. The molecule has 2 rings (SSSR count). The molecule has 1 saturated heterocycles. The van der Waals surface area contributed by atoms with E-state index in [9.17, 15) is 4.79 Å². The summed E-state index contributed by atoms with van der Waals surface area (Å²) in [7, 11) is 6.25. The van der Waals surface area contributed by atoms with Crippen LogP contribution in [0, 0.1) is 0 Å². The summed E-state index contributed by atoms with van der Waals surface area (Å²) in [6, 6.07) is 8.07. The Balaban J connectivity index is 1.90. The van der Waals surface area contributed by atoms with Gasteiger partial charge < -0.3 is 20.4 Å². The number of carbonyl (C=O) groups excluding carboxylic acids is 1. The fourth-order valence-corrected chi connectivity index (χ4v) is 2.78. The number of carbonyl (C=O) groups is 1. The number of urea groups is 1. The Hall–Kier alpha value is -1.79. The number of rotatable bonds is 5. The number of nitrogens with zero attached hydrogens (tertiary/aromatic N) is 3. The Morgan fingerprint density at radius 1 is 1.30 bits per heavy atom. The van der Waals surface area contributed by atoms with Crippen molar-refractivity contribution in [3.8, 4) is 0 Å². The predicted octanol–water partition coefficient (Wildman–Crippen LogP) is 1.51. The fraction of sp³-hybridized carbons (Fsp3) is 0.588. The van der Waals surface area contributed by atoms with Crippen LogP contribution < -0.4 is 15.5 Å². The molecule has 0 spiro atoms. The molecule has 6 heteroatoms. The van der Waals surface area contributed by atoms with E-state index >= 15 is 0 Å². The van der Waals surface area contributed by atoms with Crippen LogP contribution in [-0.4, -0.2) is 75.7 Å². The topological polar surface area (TPSA) is 50.9 Å². The lowest BCUT2D eigenvalue weighted by Gasteiger charge is -2.37. The van der Waals surface area contributed by atoms with E-state index in [-0.39, 0.29) is 6.03 Å². The predicted molar refractivity (Wildman–Crippen MR) is 96.3 cm³/mol. The molecular weight excluding hydrogens is 290 g/mol. The molecule has 1 aliphatic heterocycles. The van der Waals surface area contributed by atoms with Gasteiger partial charge in [0, 0.05) is 45.8 Å². The molecular formula is C17H29N5O. The van der Waals surface area contributed by atoms with Crippen LogP contribution in [0.2, 0.25) is 0 Å². The van der Waals surface area contributed by atoms with E-state index in [1.807, 2.05) is 31.3 Å². The van der Waals surface area contributed by atoms with Crippen LogP contribution in [0.15, 0.2) is 24.3 Å². The highest BCUT2D eigenvalue weighted by Crippen LogP contribution is 2.24. The van der Waals surface area contributed by atoms with Crippen molar-refractivity contribution in [2.45, 2.75) is 13.0 Å². The highest BCUT2D eigenvalue weighted by molar-refractivity contribution is 5.93. The van der Waals surface area contributed by atoms with Gasteiger partial charge in [-0.3, -0.25) is 4.90 Å². The van der Waals surface area contributed by atoms with Crippen LogP contribution in [0.3, 0.4) is 0 Å². The zero-order chi connectivity index (χ0) is 16.8. The van der Waals surface area contributed by atoms with Crippen molar-refractivity contribution in [1.82, 2.24) is 15.1 Å². The van der Waals surface area contributed by atoms with Crippen molar-refractivity contribution in [1.29, 1.82) is 0 Å². The number of amides is 2. The van der Waals surface area contributed by atoms with Crippen molar-refractivity contribution in [3.63, 3.8) is 0 Å². The number of likely N-dealkylation sites (N-methyl/N-ethyl adjacent to an activating group) is 2. The van der Waals surface area contributed by atoms with E-state index in [0.29, 0.717) is 12.6 Å². The van der Waals surface area contributed by atoms with Crippen LogP contribution in [0.5, 0.6) is 0 Å². The molecule has 1 fully saturated rings. The first kappa shape index (κ1) is 17.6. The zero-order valence-electron chi connectivity index (χ0n) is 14.7. The van der Waals surface area contributed by atoms with E-state index in [4.69, 9.17) is 0 Å². The van der Waals surface area contributed by atoms with Crippen molar-refractivity contribution in [3.05, 3.63) is 24.3 Å². The molecule has 0 radical (unpaired) electrons. The lowest BCUT2D eigenvalue weighted by Crippen LogP contribution is -2.54. The molecule has 0 bridgehead atoms. The molecule has 1 aromatic rings. The standard InChI is InChI=1S/C17H29N5O/c1-5-21(3)16-9-7-6-8-15(16)19-17(23)18-12-14-13-20(2)10-11-22(14)4/h6-9,14H,5,10-13H2,1-4H3,(H2,18,19,23). The minimum absolute atomic E-state index is 0.149. The van der Waals surface area contributed by atoms with Gasteiger partial charge in [0.1, 0.15) is 0 Å². The number of hydrogen-bond donors (Lipinski definition) is 2. The van der Waals surface area contributed by atoms with Gasteiger partial charge in [0.05, 0.1) is 11.4 Å². The van der Waals surface area contributed by atoms with Gasteiger partial charge in [0.15, 0.2) is 0 Å². The summed E-state index contributed by atoms with van der Waals surface area (Å²) in [5, 5.41) is 5.97. The van der Waals surface area contributed by atoms with Gasteiger partial charge in [0.2, 0.25) is 0 Å². The van der Waals surface area contributed by atoms with E-state index in [0.717, 1.165) is 37.6 Å². The minimum atomic E-state index is -0.149. The monoisotopic (exact) mass is 319 g/mol. The molecule has 1 aromatic carbocycles. The Morgan fingerprint density at radius 2 is 2.04 bits per heavy atom. The van der Waals surface area contributed by atoms with Crippen molar-refractivity contribution in [2.24, 2.45) is 0 Å². The SMILES string of the molecule is CCN(C)c1ccccc1NC(=O)NCC1CN(C)CCN1C. The maximum absolute atomic E-state index is 12.2. The maximum atomic E-state index is 12.2. The summed E-state index contributed by atoms with van der Waals surface area (Å²) in [5.41, 5.74) is 1.86. The average Bonchev–Trinajstić information content (AvgIpc) is 2.55. The fourth-order valence-electron chi connectivity index (χ4n) is 2.78. The quantitative estimate of drug-likeness (QED) is 0.864. The maximum Gasteiger partial charge on any atom is 0.319 e. The third-order valence-electron chi connectivity index (χ3n) is 4.52. The summed E-state index contributed by atoms with van der Waals surface area (Å²) >= 11 is 0. The minimum Gasteiger partial charge on any atom is -0.373 e. The Bertz CT molecular complexity index is 521. The highest BCUT2D eigenvalue weighted by Gasteiger charge is 2.22. The van der Waals surface area contributed by atoms with Gasteiger partial charge in [-0.1, -0.05) is 12.1 Å². The van der Waals surface area contributed by atoms with Gasteiger partial charge in [0.25, 0.3) is 0 Å². The van der Waals surface area contributed by atoms with Gasteiger partial charge in [-0.2, -0.15) is 0 Å². The summed E-state index contributed by atoms with van der Waals surface area (Å²) in [6.07, 6.45) is 0. The number of benzene rings is 1. The second-order valence-electron chi connectivity index (χ2n) is 6.26. The van der Waals surface area contributed by atoms with Crippen LogP contribution >= 0.6 is 0 Å². The largest absolute Gasteiger partial charge is 0.373 e. The summed E-state index contributed by atoms with van der Waals surface area (Å²) < 4.78 is 0. The molecule has 0 saturated carbocycles. The first-order valence-electron chi connectivity index (χ1n) is 8.25. The van der Waals surface area contributed by atoms with E-state index in [2.05, 4.69) is 46.4 Å². The molecule has 0 aliphatic carbocycles. The Morgan fingerprint density at radius 3 is 2.78 bits per heavy atom. The van der Waals surface area contributed by atoms with E-state index < -0.39 is 0 Å². The van der Waals surface area contributed by atoms with Gasteiger partial charge >= 0.3 is 6.03 Å².